The van der Waals surface area contributed by atoms with Crippen LogP contribution >= 0.6 is 12.6 Å². The number of hydrogen-bond donors (Lipinski definition) is 1. The smallest absolute Gasteiger partial charge is 0.226 e. The molecule has 0 saturated carbocycles. The van der Waals surface area contributed by atoms with Gasteiger partial charge in [-0.1, -0.05) is 0 Å². The molecule has 1 amide bonds. The fourth-order valence-corrected chi connectivity index (χ4v) is 2.53. The molecule has 0 aromatic rings. The zero-order valence-electron chi connectivity index (χ0n) is 7.92. The van der Waals surface area contributed by atoms with Crippen molar-refractivity contribution in [1.29, 1.82) is 0 Å². The molecule has 13 heavy (non-hydrogen) atoms. The summed E-state index contributed by atoms with van der Waals surface area (Å²) in [6.07, 6.45) is 3.87. The monoisotopic (exact) mass is 197 g/mol. The number of nitrogens with zero attached hydrogens (tertiary/aromatic N) is 1. The van der Waals surface area contributed by atoms with Crippen molar-refractivity contribution in [3.05, 3.63) is 11.3 Å². The average molecular weight is 197 g/mol. The molecule has 2 heterocycles. The lowest BCUT2D eigenvalue weighted by Gasteiger charge is -2.25. The topological polar surface area (TPSA) is 20.3 Å². The van der Waals surface area contributed by atoms with Crippen LogP contribution in [0.15, 0.2) is 11.3 Å². The molecular formula is C10H15NOS. The van der Waals surface area contributed by atoms with Gasteiger partial charge in [0.1, 0.15) is 0 Å². The van der Waals surface area contributed by atoms with Crippen LogP contribution in [0, 0.1) is 0 Å². The minimum atomic E-state index is 0.310. The Morgan fingerprint density at radius 2 is 2.15 bits per heavy atom. The lowest BCUT2D eigenvalue weighted by atomic mass is 10.0. The number of allylic oxidation sites excluding steroid dienone is 1. The number of carbonyl (C=O) groups excluding carboxylic acids is 1. The van der Waals surface area contributed by atoms with Gasteiger partial charge in [0.05, 0.1) is 0 Å². The number of piperidine rings is 1. The first-order valence-electron chi connectivity index (χ1n) is 4.90. The minimum Gasteiger partial charge on any atom is -0.316 e. The molecule has 2 rings (SSSR count). The van der Waals surface area contributed by atoms with Crippen LogP contribution in [-0.2, 0) is 4.79 Å². The minimum absolute atomic E-state index is 0.310. The van der Waals surface area contributed by atoms with E-state index in [9.17, 15) is 4.79 Å². The Morgan fingerprint density at radius 3 is 2.85 bits per heavy atom. The highest BCUT2D eigenvalue weighted by atomic mass is 32.1. The van der Waals surface area contributed by atoms with E-state index in [2.05, 4.69) is 19.6 Å². The maximum absolute atomic E-state index is 11.5. The summed E-state index contributed by atoms with van der Waals surface area (Å²) in [6, 6.07) is 0. The van der Waals surface area contributed by atoms with Crippen LogP contribution in [0.3, 0.4) is 0 Å². The molecule has 1 fully saturated rings. The number of amides is 1. The number of carbonyl (C=O) groups is 1. The largest absolute Gasteiger partial charge is 0.316 e. The highest BCUT2D eigenvalue weighted by Gasteiger charge is 2.31. The molecule has 2 aliphatic rings. The van der Waals surface area contributed by atoms with Gasteiger partial charge in [-0.2, -0.15) is 12.6 Å². The molecule has 0 aromatic heterocycles. The Kier molecular flexibility index (Phi) is 2.37. The molecule has 0 N–H and O–H groups in total. The Balaban J connectivity index is 2.28. The summed E-state index contributed by atoms with van der Waals surface area (Å²) in [4.78, 5) is 13.5. The van der Waals surface area contributed by atoms with Crippen molar-refractivity contribution < 1.29 is 4.79 Å². The zero-order chi connectivity index (χ0) is 9.42. The summed E-state index contributed by atoms with van der Waals surface area (Å²) in [6.45, 7) is 2.99. The fourth-order valence-electron chi connectivity index (χ4n) is 2.25. The fraction of sp³-hybridized carbons (Fsp3) is 0.700. The molecule has 72 valence electrons. The molecule has 1 saturated heterocycles. The molecule has 0 spiro atoms. The van der Waals surface area contributed by atoms with Gasteiger partial charge in [0.15, 0.2) is 0 Å². The van der Waals surface area contributed by atoms with Gasteiger partial charge in [0, 0.05) is 23.9 Å². The van der Waals surface area contributed by atoms with Crippen LogP contribution < -0.4 is 0 Å². The molecule has 0 aliphatic carbocycles. The van der Waals surface area contributed by atoms with Gasteiger partial charge in [0.2, 0.25) is 5.91 Å². The van der Waals surface area contributed by atoms with Gasteiger partial charge >= 0.3 is 0 Å². The van der Waals surface area contributed by atoms with Gasteiger partial charge in [-0.15, -0.1) is 0 Å². The third-order valence-corrected chi connectivity index (χ3v) is 3.22. The van der Waals surface area contributed by atoms with E-state index >= 15 is 0 Å². The van der Waals surface area contributed by atoms with Crippen molar-refractivity contribution in [2.75, 3.05) is 6.54 Å². The molecular weight excluding hydrogens is 182 g/mol. The van der Waals surface area contributed by atoms with E-state index in [0.717, 1.165) is 32.2 Å². The molecule has 0 bridgehead atoms. The lowest BCUT2D eigenvalue weighted by molar-refractivity contribution is -0.130. The Hall–Kier alpha value is -0.440. The van der Waals surface area contributed by atoms with E-state index in [0.29, 0.717) is 11.2 Å². The summed E-state index contributed by atoms with van der Waals surface area (Å²) in [5, 5.41) is 0.311. The first-order valence-corrected chi connectivity index (χ1v) is 5.42. The van der Waals surface area contributed by atoms with Gasteiger partial charge in [-0.05, 0) is 31.8 Å². The highest BCUT2D eigenvalue weighted by molar-refractivity contribution is 7.81. The summed E-state index contributed by atoms with van der Waals surface area (Å²) >= 11 is 4.44. The molecule has 3 heteroatoms. The SMILES string of the molecule is CC(S)C1=C2CCCC(=O)N2CC1. The quantitative estimate of drug-likeness (QED) is 0.637. The van der Waals surface area contributed by atoms with Crippen LogP contribution in [-0.4, -0.2) is 22.6 Å². The Morgan fingerprint density at radius 1 is 1.38 bits per heavy atom. The van der Waals surface area contributed by atoms with Gasteiger partial charge < -0.3 is 4.90 Å². The average Bonchev–Trinajstić information content (AvgIpc) is 2.48. The predicted octanol–water partition coefficient (Wildman–Crippen LogP) is 1.97. The third-order valence-electron chi connectivity index (χ3n) is 2.91. The highest BCUT2D eigenvalue weighted by Crippen LogP contribution is 2.34. The summed E-state index contributed by atoms with van der Waals surface area (Å²) < 4.78 is 0. The van der Waals surface area contributed by atoms with Crippen LogP contribution in [0.1, 0.15) is 32.6 Å². The van der Waals surface area contributed by atoms with E-state index in [1.807, 2.05) is 4.90 Å². The predicted molar refractivity (Wildman–Crippen MR) is 55.7 cm³/mol. The van der Waals surface area contributed by atoms with Crippen LogP contribution in [0.25, 0.3) is 0 Å². The Bertz CT molecular complexity index is 270. The number of fused-ring (bicyclic) bond motifs is 1. The number of rotatable bonds is 1. The summed E-state index contributed by atoms with van der Waals surface area (Å²) in [7, 11) is 0. The van der Waals surface area contributed by atoms with Crippen molar-refractivity contribution in [3.8, 4) is 0 Å². The normalized spacial score (nSPS) is 25.1. The van der Waals surface area contributed by atoms with Crippen molar-refractivity contribution in [1.82, 2.24) is 4.90 Å². The first-order chi connectivity index (χ1) is 6.20. The Labute approximate surface area is 84.4 Å². The standard InChI is InChI=1S/C10H15NOS/c1-7(13)8-5-6-11-9(8)3-2-4-10(11)12/h7,13H,2-6H2,1H3. The third kappa shape index (κ3) is 1.50. The first kappa shape index (κ1) is 9.13. The molecule has 0 radical (unpaired) electrons. The van der Waals surface area contributed by atoms with Crippen LogP contribution in [0.4, 0.5) is 0 Å². The van der Waals surface area contributed by atoms with Crippen molar-refractivity contribution in [2.45, 2.75) is 37.9 Å². The second kappa shape index (κ2) is 3.37. The van der Waals surface area contributed by atoms with E-state index in [4.69, 9.17) is 0 Å². The molecule has 1 unspecified atom stereocenters. The van der Waals surface area contributed by atoms with E-state index in [1.54, 1.807) is 0 Å². The molecule has 0 aromatic carbocycles. The zero-order valence-corrected chi connectivity index (χ0v) is 8.81. The van der Waals surface area contributed by atoms with E-state index in [-0.39, 0.29) is 0 Å². The molecule has 2 aliphatic heterocycles. The van der Waals surface area contributed by atoms with Crippen molar-refractivity contribution in [3.63, 3.8) is 0 Å². The maximum Gasteiger partial charge on any atom is 0.226 e. The van der Waals surface area contributed by atoms with Gasteiger partial charge in [0.25, 0.3) is 0 Å². The van der Waals surface area contributed by atoms with Gasteiger partial charge in [-0.25, -0.2) is 0 Å². The second-order valence-electron chi connectivity index (χ2n) is 3.80. The van der Waals surface area contributed by atoms with Crippen molar-refractivity contribution >= 4 is 18.5 Å². The molecule has 1 atom stereocenters. The number of thiol groups is 1. The van der Waals surface area contributed by atoms with E-state index in [1.165, 1.54) is 11.3 Å². The van der Waals surface area contributed by atoms with Crippen molar-refractivity contribution in [2.24, 2.45) is 0 Å². The van der Waals surface area contributed by atoms with Gasteiger partial charge in [-0.3, -0.25) is 4.79 Å². The van der Waals surface area contributed by atoms with Crippen LogP contribution in [0.5, 0.6) is 0 Å². The summed E-state index contributed by atoms with van der Waals surface area (Å²) in [5.41, 5.74) is 2.66. The van der Waals surface area contributed by atoms with E-state index < -0.39 is 0 Å². The molecule has 2 nitrogen and oxygen atoms in total. The lowest BCUT2D eigenvalue weighted by Crippen LogP contribution is -2.31. The van der Waals surface area contributed by atoms with Crippen LogP contribution in [0.2, 0.25) is 0 Å². The summed E-state index contributed by atoms with van der Waals surface area (Å²) in [5.74, 6) is 0.310. The number of hydrogen-bond acceptors (Lipinski definition) is 2. The second-order valence-corrected chi connectivity index (χ2v) is 4.57. The maximum atomic E-state index is 11.5.